The number of carbonyl (C=O) groups excluding carboxylic acids is 1. The molecule has 0 fully saturated rings. The number of halogens is 3. The van der Waals surface area contributed by atoms with Crippen LogP contribution in [0.1, 0.15) is 38.0 Å². The van der Waals surface area contributed by atoms with Crippen molar-refractivity contribution in [3.63, 3.8) is 0 Å². The molecule has 1 aromatic heterocycles. The zero-order valence-corrected chi connectivity index (χ0v) is 12.4. The summed E-state index contributed by atoms with van der Waals surface area (Å²) in [5.41, 5.74) is 0.155. The van der Waals surface area contributed by atoms with Gasteiger partial charge in [0.05, 0.1) is 12.2 Å². The Morgan fingerprint density at radius 2 is 1.90 bits per heavy atom. The molecule has 1 aliphatic rings. The Labute approximate surface area is 120 Å². The lowest BCUT2D eigenvalue weighted by molar-refractivity contribution is -0.146. The van der Waals surface area contributed by atoms with Crippen molar-refractivity contribution in [2.75, 3.05) is 6.54 Å². The van der Waals surface area contributed by atoms with Gasteiger partial charge in [0, 0.05) is 25.7 Å². The Bertz CT molecular complexity index is 558. The normalized spacial score (nSPS) is 15.9. The van der Waals surface area contributed by atoms with E-state index in [4.69, 9.17) is 4.74 Å². The smallest absolute Gasteiger partial charge is 0.444 e. The molecule has 0 aliphatic carbocycles. The largest absolute Gasteiger partial charge is 0.449 e. The van der Waals surface area contributed by atoms with Crippen LogP contribution in [-0.2, 0) is 30.9 Å². The monoisotopic (exact) mass is 305 g/mol. The van der Waals surface area contributed by atoms with E-state index in [0.29, 0.717) is 18.7 Å². The van der Waals surface area contributed by atoms with Crippen molar-refractivity contribution >= 4 is 6.09 Å². The highest BCUT2D eigenvalue weighted by molar-refractivity contribution is 5.68. The predicted octanol–water partition coefficient (Wildman–Crippen LogP) is 2.73. The maximum absolute atomic E-state index is 12.8. The van der Waals surface area contributed by atoms with E-state index in [2.05, 4.69) is 4.98 Å². The molecule has 1 aromatic rings. The van der Waals surface area contributed by atoms with Gasteiger partial charge in [-0.05, 0) is 20.8 Å². The van der Waals surface area contributed by atoms with Gasteiger partial charge in [0.1, 0.15) is 5.60 Å². The summed E-state index contributed by atoms with van der Waals surface area (Å²) in [6.07, 6.45) is -4.70. The zero-order chi connectivity index (χ0) is 16.0. The molecule has 0 N–H and O–H groups in total. The van der Waals surface area contributed by atoms with Crippen LogP contribution in [0.25, 0.3) is 0 Å². The first-order valence-corrected chi connectivity index (χ1v) is 6.58. The number of carbonyl (C=O) groups is 1. The lowest BCUT2D eigenvalue weighted by Gasteiger charge is -2.29. The number of rotatable bonds is 0. The maximum atomic E-state index is 12.8. The van der Waals surface area contributed by atoms with Gasteiger partial charge < -0.3 is 14.2 Å². The van der Waals surface area contributed by atoms with Crippen molar-refractivity contribution in [3.8, 4) is 0 Å². The van der Waals surface area contributed by atoms with Gasteiger partial charge in [-0.2, -0.15) is 13.2 Å². The molecule has 1 amide bonds. The van der Waals surface area contributed by atoms with E-state index in [1.54, 1.807) is 20.8 Å². The van der Waals surface area contributed by atoms with Crippen molar-refractivity contribution < 1.29 is 22.7 Å². The number of amides is 1. The summed E-state index contributed by atoms with van der Waals surface area (Å²) in [4.78, 5) is 17.0. The molecule has 0 atom stereocenters. The van der Waals surface area contributed by atoms with Crippen LogP contribution in [0.5, 0.6) is 0 Å². The number of hydrogen-bond donors (Lipinski definition) is 0. The molecule has 0 spiro atoms. The van der Waals surface area contributed by atoms with Gasteiger partial charge in [-0.25, -0.2) is 9.78 Å². The molecule has 0 aromatic carbocycles. The Morgan fingerprint density at radius 3 is 2.43 bits per heavy atom. The molecule has 0 bridgehead atoms. The van der Waals surface area contributed by atoms with Crippen molar-refractivity contribution in [1.29, 1.82) is 0 Å². The number of aromatic nitrogens is 2. The fourth-order valence-electron chi connectivity index (χ4n) is 2.26. The second-order valence-corrected chi connectivity index (χ2v) is 6.04. The van der Waals surface area contributed by atoms with Crippen molar-refractivity contribution in [2.24, 2.45) is 7.05 Å². The Balaban J connectivity index is 2.20. The molecule has 2 rings (SSSR count). The molecule has 21 heavy (non-hydrogen) atoms. The van der Waals surface area contributed by atoms with E-state index in [1.807, 2.05) is 0 Å². The Morgan fingerprint density at radius 1 is 1.29 bits per heavy atom. The molecule has 2 heterocycles. The van der Waals surface area contributed by atoms with Gasteiger partial charge in [0.2, 0.25) is 5.82 Å². The molecule has 1 aliphatic heterocycles. The molecule has 0 unspecified atom stereocenters. The summed E-state index contributed by atoms with van der Waals surface area (Å²) in [6, 6.07) is 0. The number of fused-ring (bicyclic) bond motifs is 1. The van der Waals surface area contributed by atoms with E-state index >= 15 is 0 Å². The van der Waals surface area contributed by atoms with E-state index < -0.39 is 23.7 Å². The second kappa shape index (κ2) is 4.92. The molecule has 8 heteroatoms. The van der Waals surface area contributed by atoms with Crippen molar-refractivity contribution in [2.45, 2.75) is 45.5 Å². The van der Waals surface area contributed by atoms with Crippen molar-refractivity contribution in [3.05, 3.63) is 17.2 Å². The third kappa shape index (κ3) is 3.30. The van der Waals surface area contributed by atoms with Gasteiger partial charge in [0.15, 0.2) is 0 Å². The van der Waals surface area contributed by atoms with Crippen LogP contribution in [0.4, 0.5) is 18.0 Å². The van der Waals surface area contributed by atoms with Gasteiger partial charge in [-0.3, -0.25) is 0 Å². The number of hydrogen-bond acceptors (Lipinski definition) is 3. The minimum atomic E-state index is -4.50. The van der Waals surface area contributed by atoms with Crippen LogP contribution < -0.4 is 0 Å². The molecular formula is C13H18F3N3O2. The summed E-state index contributed by atoms with van der Waals surface area (Å²) in [5, 5.41) is 0. The average Bonchev–Trinajstić information content (AvgIpc) is 2.64. The first-order valence-electron chi connectivity index (χ1n) is 6.58. The Kier molecular flexibility index (Phi) is 3.67. The van der Waals surface area contributed by atoms with E-state index in [-0.39, 0.29) is 12.2 Å². The summed E-state index contributed by atoms with van der Waals surface area (Å²) in [6.45, 7) is 5.57. The van der Waals surface area contributed by atoms with E-state index in [0.717, 1.165) is 4.57 Å². The third-order valence-electron chi connectivity index (χ3n) is 3.16. The van der Waals surface area contributed by atoms with Crippen LogP contribution in [0.3, 0.4) is 0 Å². The summed E-state index contributed by atoms with van der Waals surface area (Å²) in [5.74, 6) is -0.932. The third-order valence-corrected chi connectivity index (χ3v) is 3.16. The summed E-state index contributed by atoms with van der Waals surface area (Å²) >= 11 is 0. The SMILES string of the molecule is Cn1c(C(F)(F)F)nc2c1CCN(C(=O)OC(C)(C)C)C2. The fourth-order valence-corrected chi connectivity index (χ4v) is 2.26. The lowest BCUT2D eigenvalue weighted by atomic mass is 10.1. The highest BCUT2D eigenvalue weighted by atomic mass is 19.4. The van der Waals surface area contributed by atoms with E-state index in [1.165, 1.54) is 11.9 Å². The molecule has 5 nitrogen and oxygen atoms in total. The van der Waals surface area contributed by atoms with Crippen LogP contribution in [0, 0.1) is 0 Å². The highest BCUT2D eigenvalue weighted by Crippen LogP contribution is 2.31. The quantitative estimate of drug-likeness (QED) is 0.740. The van der Waals surface area contributed by atoms with Crippen LogP contribution in [-0.4, -0.2) is 32.7 Å². The molecule has 118 valence electrons. The molecular weight excluding hydrogens is 287 g/mol. The maximum Gasteiger partial charge on any atom is 0.449 e. The molecule has 0 radical (unpaired) electrons. The first kappa shape index (κ1) is 15.7. The molecule has 0 saturated carbocycles. The van der Waals surface area contributed by atoms with Gasteiger partial charge in [0.25, 0.3) is 0 Å². The summed E-state index contributed by atoms with van der Waals surface area (Å²) < 4.78 is 44.8. The minimum Gasteiger partial charge on any atom is -0.444 e. The second-order valence-electron chi connectivity index (χ2n) is 6.04. The highest BCUT2D eigenvalue weighted by Gasteiger charge is 2.39. The minimum absolute atomic E-state index is 0.0359. The van der Waals surface area contributed by atoms with Gasteiger partial charge in [-0.15, -0.1) is 0 Å². The fraction of sp³-hybridized carbons (Fsp3) is 0.692. The average molecular weight is 305 g/mol. The number of alkyl halides is 3. The van der Waals surface area contributed by atoms with Crippen LogP contribution in [0.2, 0.25) is 0 Å². The van der Waals surface area contributed by atoms with Gasteiger partial charge in [-0.1, -0.05) is 0 Å². The number of nitrogens with zero attached hydrogens (tertiary/aromatic N) is 3. The van der Waals surface area contributed by atoms with Crippen LogP contribution >= 0.6 is 0 Å². The van der Waals surface area contributed by atoms with E-state index in [9.17, 15) is 18.0 Å². The molecule has 0 saturated heterocycles. The predicted molar refractivity (Wildman–Crippen MR) is 68.6 cm³/mol. The van der Waals surface area contributed by atoms with Crippen LogP contribution in [0.15, 0.2) is 0 Å². The Hall–Kier alpha value is -1.73. The van der Waals surface area contributed by atoms with Crippen molar-refractivity contribution in [1.82, 2.24) is 14.5 Å². The zero-order valence-electron chi connectivity index (χ0n) is 12.4. The first-order chi connectivity index (χ1) is 9.49. The standard InChI is InChI=1S/C13H18F3N3O2/c1-12(2,3)21-11(20)19-6-5-9-8(7-19)17-10(18(9)4)13(14,15)16/h5-7H2,1-4H3. The van der Waals surface area contributed by atoms with Gasteiger partial charge >= 0.3 is 12.3 Å². The topological polar surface area (TPSA) is 47.4 Å². The lowest BCUT2D eigenvalue weighted by Crippen LogP contribution is -2.40. The summed E-state index contributed by atoms with van der Waals surface area (Å²) in [7, 11) is 1.35. The number of imidazole rings is 1. The number of ether oxygens (including phenoxy) is 1.